The van der Waals surface area contributed by atoms with E-state index in [0.29, 0.717) is 0 Å². The number of hydrogen-bond acceptors (Lipinski definition) is 2. The van der Waals surface area contributed by atoms with Gasteiger partial charge in [0, 0.05) is 36.1 Å². The fraction of sp³-hybridized carbons (Fsp3) is 0.0667. The second kappa shape index (κ2) is 5.02. The van der Waals surface area contributed by atoms with Crippen LogP contribution in [0.4, 0.5) is 4.39 Å². The van der Waals surface area contributed by atoms with E-state index in [0.717, 1.165) is 23.2 Å². The molecule has 0 bridgehead atoms. The quantitative estimate of drug-likeness (QED) is 0.778. The van der Waals surface area contributed by atoms with E-state index in [-0.39, 0.29) is 5.82 Å². The van der Waals surface area contributed by atoms with Crippen LogP contribution in [0.2, 0.25) is 0 Å². The van der Waals surface area contributed by atoms with Crippen LogP contribution in [-0.2, 0) is 6.42 Å². The van der Waals surface area contributed by atoms with Crippen molar-refractivity contribution in [1.29, 1.82) is 0 Å². The zero-order chi connectivity index (χ0) is 13.1. The Bertz CT molecular complexity index is 659. The van der Waals surface area contributed by atoms with E-state index >= 15 is 0 Å². The maximum atomic E-state index is 12.9. The van der Waals surface area contributed by atoms with Crippen LogP contribution in [0.5, 0.6) is 0 Å². The first-order valence-electron chi connectivity index (χ1n) is 6.00. The lowest BCUT2D eigenvalue weighted by Gasteiger charge is -2.03. The molecule has 0 aliphatic rings. The summed E-state index contributed by atoms with van der Waals surface area (Å²) in [7, 11) is 0. The van der Waals surface area contributed by atoms with Gasteiger partial charge in [-0.1, -0.05) is 0 Å². The van der Waals surface area contributed by atoms with E-state index in [1.807, 2.05) is 18.3 Å². The van der Waals surface area contributed by atoms with Gasteiger partial charge in [0.1, 0.15) is 5.82 Å². The van der Waals surface area contributed by atoms with Gasteiger partial charge in [-0.2, -0.15) is 5.10 Å². The Morgan fingerprint density at radius 1 is 1.00 bits per heavy atom. The second-order valence-corrected chi connectivity index (χ2v) is 4.30. The van der Waals surface area contributed by atoms with E-state index in [4.69, 9.17) is 0 Å². The summed E-state index contributed by atoms with van der Waals surface area (Å²) in [6, 6.07) is 10.3. The molecule has 0 aliphatic heterocycles. The molecule has 19 heavy (non-hydrogen) atoms. The largest absolute Gasteiger partial charge is 0.285 e. The minimum Gasteiger partial charge on any atom is -0.285 e. The van der Waals surface area contributed by atoms with Crippen molar-refractivity contribution in [2.45, 2.75) is 6.42 Å². The normalized spacial score (nSPS) is 10.6. The maximum absolute atomic E-state index is 12.9. The van der Waals surface area contributed by atoms with E-state index < -0.39 is 0 Å². The van der Waals surface area contributed by atoms with Crippen molar-refractivity contribution in [2.24, 2.45) is 0 Å². The number of hydrogen-bond donors (Lipinski definition) is 1. The van der Waals surface area contributed by atoms with E-state index in [1.165, 1.54) is 17.7 Å². The average Bonchev–Trinajstić information content (AvgIpc) is 2.89. The van der Waals surface area contributed by atoms with Gasteiger partial charge < -0.3 is 0 Å². The topological polar surface area (TPSA) is 41.6 Å². The highest BCUT2D eigenvalue weighted by molar-refractivity contribution is 5.63. The van der Waals surface area contributed by atoms with Crippen LogP contribution in [0, 0.1) is 5.82 Å². The summed E-state index contributed by atoms with van der Waals surface area (Å²) in [6.45, 7) is 0. The van der Waals surface area contributed by atoms with Crippen LogP contribution in [0.15, 0.2) is 55.0 Å². The van der Waals surface area contributed by atoms with E-state index in [9.17, 15) is 4.39 Å². The maximum Gasteiger partial charge on any atom is 0.123 e. The molecular weight excluding hydrogens is 241 g/mol. The predicted molar refractivity (Wildman–Crippen MR) is 71.0 cm³/mol. The average molecular weight is 253 g/mol. The van der Waals surface area contributed by atoms with Gasteiger partial charge in [0.15, 0.2) is 0 Å². The third-order valence-corrected chi connectivity index (χ3v) is 2.98. The van der Waals surface area contributed by atoms with Crippen LogP contribution >= 0.6 is 0 Å². The Labute approximate surface area is 110 Å². The Morgan fingerprint density at radius 3 is 2.47 bits per heavy atom. The van der Waals surface area contributed by atoms with Gasteiger partial charge in [-0.25, -0.2) is 4.39 Å². The first kappa shape index (κ1) is 11.6. The SMILES string of the molecule is Fc1ccc(-c2n[nH]cc2Cc2ccncc2)cc1. The molecule has 1 aromatic carbocycles. The lowest BCUT2D eigenvalue weighted by molar-refractivity contribution is 0.628. The lowest BCUT2D eigenvalue weighted by atomic mass is 10.0. The van der Waals surface area contributed by atoms with Crippen LogP contribution in [0.1, 0.15) is 11.1 Å². The van der Waals surface area contributed by atoms with Crippen molar-refractivity contribution in [3.8, 4) is 11.3 Å². The molecule has 3 nitrogen and oxygen atoms in total. The molecule has 1 N–H and O–H groups in total. The smallest absolute Gasteiger partial charge is 0.123 e. The summed E-state index contributed by atoms with van der Waals surface area (Å²) in [5.74, 6) is -0.241. The first-order chi connectivity index (χ1) is 9.33. The van der Waals surface area contributed by atoms with Gasteiger partial charge in [-0.15, -0.1) is 0 Å². The third-order valence-electron chi connectivity index (χ3n) is 2.98. The number of H-pyrrole nitrogens is 1. The fourth-order valence-electron chi connectivity index (χ4n) is 2.03. The number of rotatable bonds is 3. The van der Waals surface area contributed by atoms with Crippen LogP contribution < -0.4 is 0 Å². The number of nitrogens with one attached hydrogen (secondary N) is 1. The molecule has 2 heterocycles. The number of nitrogens with zero attached hydrogens (tertiary/aromatic N) is 2. The number of halogens is 1. The summed E-state index contributed by atoms with van der Waals surface area (Å²) in [6.07, 6.45) is 6.19. The number of aromatic amines is 1. The van der Waals surface area contributed by atoms with E-state index in [1.54, 1.807) is 24.5 Å². The molecule has 0 radical (unpaired) electrons. The minimum atomic E-state index is -0.241. The van der Waals surface area contributed by atoms with Gasteiger partial charge in [0.25, 0.3) is 0 Å². The van der Waals surface area contributed by atoms with Crippen LogP contribution in [0.3, 0.4) is 0 Å². The Balaban J connectivity index is 1.92. The van der Waals surface area contributed by atoms with Crippen molar-refractivity contribution in [1.82, 2.24) is 15.2 Å². The monoisotopic (exact) mass is 253 g/mol. The molecule has 0 unspecified atom stereocenters. The highest BCUT2D eigenvalue weighted by Gasteiger charge is 2.09. The van der Waals surface area contributed by atoms with Crippen molar-refractivity contribution < 1.29 is 4.39 Å². The van der Waals surface area contributed by atoms with Gasteiger partial charge >= 0.3 is 0 Å². The molecule has 2 aromatic heterocycles. The van der Waals surface area contributed by atoms with Gasteiger partial charge in [0.05, 0.1) is 5.69 Å². The zero-order valence-corrected chi connectivity index (χ0v) is 10.2. The van der Waals surface area contributed by atoms with Crippen molar-refractivity contribution in [3.05, 3.63) is 71.9 Å². The summed E-state index contributed by atoms with van der Waals surface area (Å²) < 4.78 is 12.9. The van der Waals surface area contributed by atoms with Gasteiger partial charge in [-0.05, 0) is 42.0 Å². The molecule has 4 heteroatoms. The highest BCUT2D eigenvalue weighted by atomic mass is 19.1. The summed E-state index contributed by atoms with van der Waals surface area (Å²) >= 11 is 0. The lowest BCUT2D eigenvalue weighted by Crippen LogP contribution is -1.90. The number of aromatic nitrogens is 3. The Kier molecular flexibility index (Phi) is 3.06. The molecule has 0 atom stereocenters. The molecule has 3 aromatic rings. The molecule has 0 spiro atoms. The summed E-state index contributed by atoms with van der Waals surface area (Å²) in [5, 5.41) is 7.12. The molecule has 94 valence electrons. The zero-order valence-electron chi connectivity index (χ0n) is 10.2. The van der Waals surface area contributed by atoms with Crippen molar-refractivity contribution in [3.63, 3.8) is 0 Å². The third kappa shape index (κ3) is 2.52. The van der Waals surface area contributed by atoms with Gasteiger partial charge in [0.2, 0.25) is 0 Å². The standard InChI is InChI=1S/C15H12FN3/c16-14-3-1-12(2-4-14)15-13(10-18-19-15)9-11-5-7-17-8-6-11/h1-8,10H,9H2,(H,18,19). The number of benzene rings is 1. The van der Waals surface area contributed by atoms with E-state index in [2.05, 4.69) is 15.2 Å². The Morgan fingerprint density at radius 2 is 1.74 bits per heavy atom. The first-order valence-corrected chi connectivity index (χ1v) is 6.00. The fourth-order valence-corrected chi connectivity index (χ4v) is 2.03. The highest BCUT2D eigenvalue weighted by Crippen LogP contribution is 2.23. The summed E-state index contributed by atoms with van der Waals surface area (Å²) in [4.78, 5) is 4.00. The van der Waals surface area contributed by atoms with Crippen LogP contribution in [-0.4, -0.2) is 15.2 Å². The molecule has 0 amide bonds. The summed E-state index contributed by atoms with van der Waals surface area (Å²) in [5.41, 5.74) is 4.01. The molecule has 0 aliphatic carbocycles. The number of pyridine rings is 1. The second-order valence-electron chi connectivity index (χ2n) is 4.30. The Hall–Kier alpha value is -2.49. The van der Waals surface area contributed by atoms with Crippen molar-refractivity contribution in [2.75, 3.05) is 0 Å². The molecular formula is C15H12FN3. The minimum absolute atomic E-state index is 0.241. The van der Waals surface area contributed by atoms with Crippen LogP contribution in [0.25, 0.3) is 11.3 Å². The molecule has 0 saturated heterocycles. The molecule has 0 saturated carbocycles. The molecule has 0 fully saturated rings. The predicted octanol–water partition coefficient (Wildman–Crippen LogP) is 3.20. The molecule has 3 rings (SSSR count). The van der Waals surface area contributed by atoms with Gasteiger partial charge in [-0.3, -0.25) is 10.1 Å². The van der Waals surface area contributed by atoms with Crippen molar-refractivity contribution >= 4 is 0 Å².